The van der Waals surface area contributed by atoms with Crippen LogP contribution in [0, 0.1) is 0 Å². The second-order valence-corrected chi connectivity index (χ2v) is 5.79. The van der Waals surface area contributed by atoms with Crippen molar-refractivity contribution in [1.82, 2.24) is 5.32 Å². The zero-order valence-electron chi connectivity index (χ0n) is 11.5. The number of amides is 2. The van der Waals surface area contributed by atoms with Crippen LogP contribution in [0.3, 0.4) is 0 Å². The standard InChI is InChI=1S/C14H18N2O3/c1-13(2,3)16-12(18)14(4)11(17)15-9-7-5-6-8-10(9)19-14/h5-8H,1-4H3,(H,15,17)(H,16,18). The Morgan fingerprint density at radius 1 is 1.32 bits per heavy atom. The average molecular weight is 262 g/mol. The minimum absolute atomic E-state index is 0.430. The molecule has 1 aliphatic rings. The van der Waals surface area contributed by atoms with Crippen molar-refractivity contribution in [3.05, 3.63) is 24.3 Å². The van der Waals surface area contributed by atoms with Gasteiger partial charge in [0.1, 0.15) is 5.75 Å². The van der Waals surface area contributed by atoms with Crippen LogP contribution in [0.25, 0.3) is 0 Å². The van der Waals surface area contributed by atoms with E-state index < -0.39 is 23.0 Å². The Labute approximate surface area is 112 Å². The molecule has 0 aliphatic carbocycles. The lowest BCUT2D eigenvalue weighted by Crippen LogP contribution is -2.61. The van der Waals surface area contributed by atoms with Gasteiger partial charge < -0.3 is 15.4 Å². The van der Waals surface area contributed by atoms with Crippen molar-refractivity contribution >= 4 is 17.5 Å². The molecule has 0 fully saturated rings. The SMILES string of the molecule is CC(C)(C)NC(=O)C1(C)Oc2ccccc2NC1=O. The van der Waals surface area contributed by atoms with Crippen LogP contribution in [0.5, 0.6) is 5.75 Å². The molecule has 1 aromatic rings. The summed E-state index contributed by atoms with van der Waals surface area (Å²) in [6.07, 6.45) is 0. The fraction of sp³-hybridized carbons (Fsp3) is 0.429. The molecule has 0 bridgehead atoms. The molecule has 5 heteroatoms. The highest BCUT2D eigenvalue weighted by Gasteiger charge is 2.47. The summed E-state index contributed by atoms with van der Waals surface area (Å²) in [5, 5.41) is 5.46. The van der Waals surface area contributed by atoms with Crippen molar-refractivity contribution in [1.29, 1.82) is 0 Å². The molecule has 1 aromatic carbocycles. The lowest BCUT2D eigenvalue weighted by molar-refractivity contribution is -0.147. The zero-order valence-corrected chi connectivity index (χ0v) is 11.5. The second-order valence-electron chi connectivity index (χ2n) is 5.79. The van der Waals surface area contributed by atoms with Crippen molar-refractivity contribution < 1.29 is 14.3 Å². The molecule has 0 saturated heterocycles. The van der Waals surface area contributed by atoms with Crippen LogP contribution in [0.4, 0.5) is 5.69 Å². The summed E-state index contributed by atoms with van der Waals surface area (Å²) in [6.45, 7) is 7.02. The first-order valence-corrected chi connectivity index (χ1v) is 6.14. The largest absolute Gasteiger partial charge is 0.466 e. The van der Waals surface area contributed by atoms with E-state index in [9.17, 15) is 9.59 Å². The van der Waals surface area contributed by atoms with Gasteiger partial charge in [-0.1, -0.05) is 12.1 Å². The van der Waals surface area contributed by atoms with E-state index in [0.29, 0.717) is 11.4 Å². The second kappa shape index (κ2) is 4.26. The molecular formula is C14H18N2O3. The third-order valence-electron chi connectivity index (χ3n) is 2.80. The van der Waals surface area contributed by atoms with E-state index >= 15 is 0 Å². The molecule has 1 heterocycles. The Kier molecular flexibility index (Phi) is 3.00. The van der Waals surface area contributed by atoms with Crippen LogP contribution in [0.1, 0.15) is 27.7 Å². The summed E-state index contributed by atoms with van der Waals surface area (Å²) in [7, 11) is 0. The van der Waals surface area contributed by atoms with Gasteiger partial charge in [0.05, 0.1) is 5.69 Å². The van der Waals surface area contributed by atoms with Gasteiger partial charge in [-0.15, -0.1) is 0 Å². The Morgan fingerprint density at radius 3 is 2.58 bits per heavy atom. The third-order valence-corrected chi connectivity index (χ3v) is 2.80. The van der Waals surface area contributed by atoms with Gasteiger partial charge in [-0.3, -0.25) is 9.59 Å². The topological polar surface area (TPSA) is 67.4 Å². The van der Waals surface area contributed by atoms with Gasteiger partial charge in [-0.25, -0.2) is 0 Å². The first-order valence-electron chi connectivity index (χ1n) is 6.14. The minimum atomic E-state index is -1.55. The van der Waals surface area contributed by atoms with Gasteiger partial charge >= 0.3 is 0 Å². The molecule has 2 amide bonds. The van der Waals surface area contributed by atoms with Crippen molar-refractivity contribution in [2.24, 2.45) is 0 Å². The number of ether oxygens (including phenoxy) is 1. The molecule has 2 N–H and O–H groups in total. The molecule has 102 valence electrons. The van der Waals surface area contributed by atoms with E-state index in [1.165, 1.54) is 6.92 Å². The third kappa shape index (κ3) is 2.54. The number of hydrogen-bond donors (Lipinski definition) is 2. The van der Waals surface area contributed by atoms with Crippen LogP contribution in [0.2, 0.25) is 0 Å². The van der Waals surface area contributed by atoms with Crippen LogP contribution < -0.4 is 15.4 Å². The predicted octanol–water partition coefficient (Wildman–Crippen LogP) is 1.69. The van der Waals surface area contributed by atoms with Crippen LogP contribution in [-0.2, 0) is 9.59 Å². The molecule has 5 nitrogen and oxygen atoms in total. The van der Waals surface area contributed by atoms with Crippen LogP contribution >= 0.6 is 0 Å². The maximum absolute atomic E-state index is 12.3. The molecule has 2 rings (SSSR count). The van der Waals surface area contributed by atoms with E-state index in [1.54, 1.807) is 24.3 Å². The van der Waals surface area contributed by atoms with Gasteiger partial charge in [0.15, 0.2) is 0 Å². The fourth-order valence-corrected chi connectivity index (χ4v) is 1.78. The summed E-state index contributed by atoms with van der Waals surface area (Å²) in [5.74, 6) is -0.423. The molecule has 0 radical (unpaired) electrons. The molecule has 0 spiro atoms. The van der Waals surface area contributed by atoms with Crippen LogP contribution in [0.15, 0.2) is 24.3 Å². The van der Waals surface area contributed by atoms with Gasteiger partial charge in [0.2, 0.25) is 0 Å². The molecule has 19 heavy (non-hydrogen) atoms. The van der Waals surface area contributed by atoms with Crippen molar-refractivity contribution in [2.45, 2.75) is 38.8 Å². The number of rotatable bonds is 1. The number of anilines is 1. The van der Waals surface area contributed by atoms with Gasteiger partial charge in [-0.2, -0.15) is 0 Å². The summed E-state index contributed by atoms with van der Waals surface area (Å²) in [4.78, 5) is 24.4. The quantitative estimate of drug-likeness (QED) is 0.757. The van der Waals surface area contributed by atoms with E-state index in [-0.39, 0.29) is 0 Å². The minimum Gasteiger partial charge on any atom is -0.466 e. The molecule has 0 aromatic heterocycles. The smallest absolute Gasteiger partial charge is 0.278 e. The number of carbonyl (C=O) groups excluding carboxylic acids is 2. The van der Waals surface area contributed by atoms with Gasteiger partial charge in [0, 0.05) is 5.54 Å². The summed E-state index contributed by atoms with van der Waals surface area (Å²) in [5.41, 5.74) is -1.41. The summed E-state index contributed by atoms with van der Waals surface area (Å²) >= 11 is 0. The summed E-state index contributed by atoms with van der Waals surface area (Å²) in [6, 6.07) is 7.03. The lowest BCUT2D eigenvalue weighted by Gasteiger charge is -2.35. The monoisotopic (exact) mass is 262 g/mol. The number of fused-ring (bicyclic) bond motifs is 1. The molecule has 0 saturated carbocycles. The number of para-hydroxylation sites is 2. The normalized spacial score (nSPS) is 22.0. The van der Waals surface area contributed by atoms with Crippen molar-refractivity contribution in [3.8, 4) is 5.75 Å². The average Bonchev–Trinajstić information content (AvgIpc) is 2.28. The Balaban J connectivity index is 2.30. The highest BCUT2D eigenvalue weighted by Crippen LogP contribution is 2.33. The Hall–Kier alpha value is -2.04. The predicted molar refractivity (Wildman–Crippen MR) is 72.0 cm³/mol. The number of carbonyl (C=O) groups is 2. The van der Waals surface area contributed by atoms with Crippen molar-refractivity contribution in [2.75, 3.05) is 5.32 Å². The maximum Gasteiger partial charge on any atom is 0.278 e. The highest BCUT2D eigenvalue weighted by molar-refractivity contribution is 6.15. The van der Waals surface area contributed by atoms with E-state index in [0.717, 1.165) is 0 Å². The summed E-state index contributed by atoms with van der Waals surface area (Å²) < 4.78 is 5.62. The fourth-order valence-electron chi connectivity index (χ4n) is 1.78. The van der Waals surface area contributed by atoms with Gasteiger partial charge in [-0.05, 0) is 39.8 Å². The zero-order chi connectivity index (χ0) is 14.3. The molecule has 1 unspecified atom stereocenters. The van der Waals surface area contributed by atoms with E-state index in [1.807, 2.05) is 20.8 Å². The van der Waals surface area contributed by atoms with E-state index in [4.69, 9.17) is 4.74 Å². The first-order chi connectivity index (χ1) is 8.72. The molecule has 1 atom stereocenters. The maximum atomic E-state index is 12.3. The Bertz CT molecular complexity index is 534. The lowest BCUT2D eigenvalue weighted by atomic mass is 9.99. The van der Waals surface area contributed by atoms with E-state index in [2.05, 4.69) is 10.6 Å². The van der Waals surface area contributed by atoms with Crippen molar-refractivity contribution in [3.63, 3.8) is 0 Å². The number of nitrogens with one attached hydrogen (secondary N) is 2. The number of benzene rings is 1. The Morgan fingerprint density at radius 2 is 1.95 bits per heavy atom. The van der Waals surface area contributed by atoms with Gasteiger partial charge in [0.25, 0.3) is 17.4 Å². The highest BCUT2D eigenvalue weighted by atomic mass is 16.5. The molecular weight excluding hydrogens is 244 g/mol. The first kappa shape index (κ1) is 13.4. The van der Waals surface area contributed by atoms with Crippen LogP contribution in [-0.4, -0.2) is 23.0 Å². The molecule has 1 aliphatic heterocycles. The number of hydrogen-bond acceptors (Lipinski definition) is 3.